The number of carbonyl (C=O) groups is 2. The van der Waals surface area contributed by atoms with Crippen LogP contribution in [-0.4, -0.2) is 25.9 Å². The molecule has 1 amide bonds. The van der Waals surface area contributed by atoms with Crippen molar-refractivity contribution in [1.29, 1.82) is 0 Å². The number of Topliss-reactive ketones (excluding diaryl/α,β-unsaturated/α-hetero) is 1. The third kappa shape index (κ3) is 5.46. The number of methoxy groups -OCH3 is 2. The number of hydrogen-bond donors (Lipinski definition) is 1. The molecule has 5 rings (SSSR count). The molecule has 2 aliphatic rings. The van der Waals surface area contributed by atoms with Crippen LogP contribution in [0.3, 0.4) is 0 Å². The average molecular weight is 559 g/mol. The molecule has 1 heterocycles. The Morgan fingerprint density at radius 3 is 2.50 bits per heavy atom. The van der Waals surface area contributed by atoms with Crippen LogP contribution in [0, 0.1) is 0 Å². The van der Waals surface area contributed by atoms with Crippen LogP contribution in [0.15, 0.2) is 78.0 Å². The normalized spacial score (nSPS) is 18.4. The van der Waals surface area contributed by atoms with Crippen molar-refractivity contribution in [2.45, 2.75) is 57.4 Å². The van der Waals surface area contributed by atoms with E-state index in [4.69, 9.17) is 21.1 Å². The van der Waals surface area contributed by atoms with Crippen molar-refractivity contribution in [2.24, 2.45) is 0 Å². The zero-order valence-corrected chi connectivity index (χ0v) is 24.0. The number of allylic oxidation sites excluding steroid dienone is 1. The number of amides is 1. The van der Waals surface area contributed by atoms with Crippen molar-refractivity contribution >= 4 is 34.7 Å². The molecule has 0 saturated heterocycles. The van der Waals surface area contributed by atoms with E-state index < -0.39 is 6.04 Å². The van der Waals surface area contributed by atoms with E-state index >= 15 is 0 Å². The summed E-state index contributed by atoms with van der Waals surface area (Å²) in [5, 5.41) is 4.15. The summed E-state index contributed by atoms with van der Waals surface area (Å²) in [5.74, 6) is 1.23. The largest absolute Gasteiger partial charge is 0.493 e. The van der Waals surface area contributed by atoms with E-state index in [1.165, 1.54) is 0 Å². The number of nitrogens with one attached hydrogen (secondary N) is 1. The van der Waals surface area contributed by atoms with Crippen LogP contribution >= 0.6 is 11.6 Å². The molecule has 0 unspecified atom stereocenters. The highest BCUT2D eigenvalue weighted by atomic mass is 35.5. The standard InChI is InChI=1S/C33H35ClN2O4/c1-4-5-6-14-31(38)36-27-13-8-7-12-25(27)35-26-18-23(21-15-16-29(39-2)30(20-21)40-3)19-28(37)32(26)33(36)22-10-9-11-24(34)17-22/h7-13,15-17,20,23,33,35H,4-6,14,18-19H2,1-3H3/t23-,33+/m0/s1. The van der Waals surface area contributed by atoms with Gasteiger partial charge in [0.1, 0.15) is 0 Å². The second-order valence-corrected chi connectivity index (χ2v) is 10.8. The molecule has 1 N–H and O–H groups in total. The Morgan fingerprint density at radius 1 is 0.950 bits per heavy atom. The van der Waals surface area contributed by atoms with Gasteiger partial charge in [-0.05, 0) is 66.3 Å². The minimum atomic E-state index is -0.585. The number of rotatable bonds is 8. The molecule has 1 aliphatic heterocycles. The fraction of sp³-hybridized carbons (Fsp3) is 0.333. The van der Waals surface area contributed by atoms with Crippen LogP contribution in [0.4, 0.5) is 11.4 Å². The maximum atomic E-state index is 14.2. The fourth-order valence-corrected chi connectivity index (χ4v) is 6.05. The molecule has 3 aromatic carbocycles. The van der Waals surface area contributed by atoms with E-state index in [0.29, 0.717) is 41.4 Å². The van der Waals surface area contributed by atoms with Crippen LogP contribution in [-0.2, 0) is 9.59 Å². The fourth-order valence-electron chi connectivity index (χ4n) is 5.85. The van der Waals surface area contributed by atoms with E-state index in [1.54, 1.807) is 14.2 Å². The van der Waals surface area contributed by atoms with Gasteiger partial charge in [-0.15, -0.1) is 0 Å². The summed E-state index contributed by atoms with van der Waals surface area (Å²) in [7, 11) is 3.22. The van der Waals surface area contributed by atoms with Crippen molar-refractivity contribution in [1.82, 2.24) is 0 Å². The lowest BCUT2D eigenvalue weighted by molar-refractivity contribution is -0.119. The van der Waals surface area contributed by atoms with E-state index in [2.05, 4.69) is 12.2 Å². The number of unbranched alkanes of at least 4 members (excludes halogenated alkanes) is 2. The molecule has 2 atom stereocenters. The molecule has 0 saturated carbocycles. The molecule has 208 valence electrons. The Kier molecular flexibility index (Phi) is 8.46. The summed E-state index contributed by atoms with van der Waals surface area (Å²) in [6, 6.07) is 20.5. The number of para-hydroxylation sites is 2. The molecular weight excluding hydrogens is 524 g/mol. The van der Waals surface area contributed by atoms with Gasteiger partial charge in [-0.3, -0.25) is 14.5 Å². The van der Waals surface area contributed by atoms with Gasteiger partial charge in [0.05, 0.1) is 31.6 Å². The highest BCUT2D eigenvalue weighted by molar-refractivity contribution is 6.30. The molecular formula is C33H35ClN2O4. The monoisotopic (exact) mass is 558 g/mol. The van der Waals surface area contributed by atoms with Gasteiger partial charge >= 0.3 is 0 Å². The number of hydrogen-bond acceptors (Lipinski definition) is 5. The zero-order valence-electron chi connectivity index (χ0n) is 23.2. The van der Waals surface area contributed by atoms with Gasteiger partial charge in [-0.1, -0.05) is 61.7 Å². The SMILES string of the molecule is CCCCCC(=O)N1c2ccccc2NC2=C(C(=O)C[C@@H](c3ccc(OC)c(OC)c3)C2)[C@H]1c1cccc(Cl)c1. The first kappa shape index (κ1) is 27.8. The van der Waals surface area contributed by atoms with E-state index in [-0.39, 0.29) is 17.6 Å². The van der Waals surface area contributed by atoms with Gasteiger partial charge in [0.25, 0.3) is 0 Å². The number of halogens is 1. The van der Waals surface area contributed by atoms with Crippen LogP contribution in [0.25, 0.3) is 0 Å². The second kappa shape index (κ2) is 12.2. The van der Waals surface area contributed by atoms with Gasteiger partial charge in [0.15, 0.2) is 17.3 Å². The maximum absolute atomic E-state index is 14.2. The molecule has 40 heavy (non-hydrogen) atoms. The first-order valence-electron chi connectivity index (χ1n) is 13.9. The lowest BCUT2D eigenvalue weighted by atomic mass is 9.78. The van der Waals surface area contributed by atoms with Gasteiger partial charge in [0.2, 0.25) is 5.91 Å². The number of carbonyl (C=O) groups excluding carboxylic acids is 2. The number of ether oxygens (including phenoxy) is 2. The average Bonchev–Trinajstić information content (AvgIpc) is 3.11. The third-order valence-electron chi connectivity index (χ3n) is 7.79. The van der Waals surface area contributed by atoms with E-state index in [9.17, 15) is 9.59 Å². The lowest BCUT2D eigenvalue weighted by Crippen LogP contribution is -2.38. The van der Waals surface area contributed by atoms with Gasteiger partial charge in [0, 0.05) is 29.1 Å². The van der Waals surface area contributed by atoms with Crippen molar-refractivity contribution in [3.8, 4) is 11.5 Å². The topological polar surface area (TPSA) is 67.9 Å². The van der Waals surface area contributed by atoms with Crippen molar-refractivity contribution < 1.29 is 19.1 Å². The molecule has 0 aromatic heterocycles. The summed E-state index contributed by atoms with van der Waals surface area (Å²) < 4.78 is 11.0. The predicted octanol–water partition coefficient (Wildman–Crippen LogP) is 7.84. The van der Waals surface area contributed by atoms with E-state index in [0.717, 1.165) is 47.5 Å². The number of fused-ring (bicyclic) bond motifs is 1. The predicted molar refractivity (Wildman–Crippen MR) is 159 cm³/mol. The highest BCUT2D eigenvalue weighted by Gasteiger charge is 2.41. The molecule has 6 nitrogen and oxygen atoms in total. The number of ketones is 1. The van der Waals surface area contributed by atoms with E-state index in [1.807, 2.05) is 71.6 Å². The van der Waals surface area contributed by atoms with Crippen LogP contribution < -0.4 is 19.7 Å². The molecule has 0 fully saturated rings. The van der Waals surface area contributed by atoms with Crippen molar-refractivity contribution in [2.75, 3.05) is 24.4 Å². The van der Waals surface area contributed by atoms with Crippen LogP contribution in [0.1, 0.15) is 68.5 Å². The summed E-state index contributed by atoms with van der Waals surface area (Å²) in [5.41, 5.74) is 4.85. The summed E-state index contributed by atoms with van der Waals surface area (Å²) >= 11 is 6.46. The molecule has 7 heteroatoms. The second-order valence-electron chi connectivity index (χ2n) is 10.4. The number of nitrogens with zero attached hydrogens (tertiary/aromatic N) is 1. The van der Waals surface area contributed by atoms with Crippen LogP contribution in [0.5, 0.6) is 11.5 Å². The number of anilines is 2. The first-order valence-corrected chi connectivity index (χ1v) is 14.2. The quantitative estimate of drug-likeness (QED) is 0.285. The van der Waals surface area contributed by atoms with Gasteiger partial charge < -0.3 is 14.8 Å². The van der Waals surface area contributed by atoms with Crippen LogP contribution in [0.2, 0.25) is 5.02 Å². The minimum absolute atomic E-state index is 0.00348. The summed E-state index contributed by atoms with van der Waals surface area (Å²) in [6.07, 6.45) is 4.13. The molecule has 1 aliphatic carbocycles. The molecule has 0 spiro atoms. The summed E-state index contributed by atoms with van der Waals surface area (Å²) in [4.78, 5) is 29.9. The van der Waals surface area contributed by atoms with Crippen molar-refractivity contribution in [3.05, 3.63) is 94.1 Å². The maximum Gasteiger partial charge on any atom is 0.227 e. The first-order chi connectivity index (χ1) is 19.4. The molecule has 3 aromatic rings. The summed E-state index contributed by atoms with van der Waals surface area (Å²) in [6.45, 7) is 2.12. The Labute approximate surface area is 240 Å². The highest BCUT2D eigenvalue weighted by Crippen LogP contribution is 2.48. The lowest BCUT2D eigenvalue weighted by Gasteiger charge is -2.35. The molecule has 0 radical (unpaired) electrons. The van der Waals surface area contributed by atoms with Gasteiger partial charge in [-0.25, -0.2) is 0 Å². The minimum Gasteiger partial charge on any atom is -0.493 e. The molecule has 0 bridgehead atoms. The Morgan fingerprint density at radius 2 is 1.75 bits per heavy atom. The smallest absolute Gasteiger partial charge is 0.227 e. The zero-order chi connectivity index (χ0) is 28.2. The Hall–Kier alpha value is -3.77. The Balaban J connectivity index is 1.64. The number of benzene rings is 3. The van der Waals surface area contributed by atoms with Crippen molar-refractivity contribution in [3.63, 3.8) is 0 Å². The van der Waals surface area contributed by atoms with Gasteiger partial charge in [-0.2, -0.15) is 0 Å². The third-order valence-corrected chi connectivity index (χ3v) is 8.03. The Bertz CT molecular complexity index is 1450.